The lowest BCUT2D eigenvalue weighted by atomic mass is 9.52. The van der Waals surface area contributed by atoms with Gasteiger partial charge in [-0.05, 0) is 64.7 Å². The lowest BCUT2D eigenvalue weighted by molar-refractivity contribution is -0.198. The Kier molecular flexibility index (Phi) is 2.70. The first kappa shape index (κ1) is 13.2. The average Bonchev–Trinajstić information content (AvgIpc) is 2.06. The monoisotopic (exact) mass is 267 g/mol. The summed E-state index contributed by atoms with van der Waals surface area (Å²) in [4.78, 5) is 12.0. The minimum atomic E-state index is -0.577. The maximum atomic E-state index is 12.0. The van der Waals surface area contributed by atoms with Gasteiger partial charge in [0.15, 0.2) is 0 Å². The molecule has 19 heavy (non-hydrogen) atoms. The summed E-state index contributed by atoms with van der Waals surface area (Å²) in [6.45, 7) is 5.84. The smallest absolute Gasteiger partial charge is 0.408 e. The Balaban J connectivity index is 1.72. The van der Waals surface area contributed by atoms with Crippen LogP contribution >= 0.6 is 0 Å². The standard InChI is InChI=1S/C15H25NO3/c1-13(2,3)16-12(17)19-15-7-10-4-11(8-15)6-14(18,5-10)9-15/h10-11,18H,4-9H2,1-3H3,(H,16,17). The van der Waals surface area contributed by atoms with Crippen molar-refractivity contribution in [2.45, 2.75) is 76.0 Å². The van der Waals surface area contributed by atoms with Gasteiger partial charge in [-0.25, -0.2) is 4.79 Å². The Morgan fingerprint density at radius 2 is 1.79 bits per heavy atom. The lowest BCUT2D eigenvalue weighted by Gasteiger charge is -2.59. The van der Waals surface area contributed by atoms with Gasteiger partial charge in [0.05, 0.1) is 5.60 Å². The predicted octanol–water partition coefficient (Wildman–Crippen LogP) is 2.59. The second kappa shape index (κ2) is 3.87. The van der Waals surface area contributed by atoms with Gasteiger partial charge < -0.3 is 15.2 Å². The number of rotatable bonds is 1. The third-order valence-electron chi connectivity index (χ3n) is 4.76. The second-order valence-corrected chi connectivity index (χ2v) is 8.13. The van der Waals surface area contributed by atoms with Crippen LogP contribution in [0.3, 0.4) is 0 Å². The van der Waals surface area contributed by atoms with Crippen molar-refractivity contribution >= 4 is 6.09 Å². The maximum absolute atomic E-state index is 12.0. The van der Waals surface area contributed by atoms with Crippen molar-refractivity contribution in [1.29, 1.82) is 0 Å². The minimum absolute atomic E-state index is 0.281. The van der Waals surface area contributed by atoms with Crippen LogP contribution in [0, 0.1) is 11.8 Å². The topological polar surface area (TPSA) is 58.6 Å². The summed E-state index contributed by atoms with van der Waals surface area (Å²) in [5, 5.41) is 13.5. The molecule has 2 atom stereocenters. The first-order valence-electron chi connectivity index (χ1n) is 7.41. The van der Waals surface area contributed by atoms with E-state index < -0.39 is 11.2 Å². The van der Waals surface area contributed by atoms with Gasteiger partial charge >= 0.3 is 6.09 Å². The number of ether oxygens (including phenoxy) is 1. The highest BCUT2D eigenvalue weighted by Gasteiger charge is 2.59. The quantitative estimate of drug-likeness (QED) is 0.767. The van der Waals surface area contributed by atoms with Gasteiger partial charge in [-0.3, -0.25) is 0 Å². The van der Waals surface area contributed by atoms with Crippen LogP contribution in [-0.4, -0.2) is 27.9 Å². The summed E-state index contributed by atoms with van der Waals surface area (Å²) in [5.41, 5.74) is -1.27. The number of carbonyl (C=O) groups is 1. The van der Waals surface area contributed by atoms with Crippen LogP contribution in [0.5, 0.6) is 0 Å². The van der Waals surface area contributed by atoms with E-state index in [0.717, 1.165) is 25.7 Å². The van der Waals surface area contributed by atoms with Gasteiger partial charge in [-0.1, -0.05) is 0 Å². The van der Waals surface area contributed by atoms with Crippen LogP contribution in [0.25, 0.3) is 0 Å². The van der Waals surface area contributed by atoms with E-state index in [4.69, 9.17) is 4.74 Å². The molecular weight excluding hydrogens is 242 g/mol. The molecule has 4 aliphatic rings. The number of aliphatic hydroxyl groups is 1. The second-order valence-electron chi connectivity index (χ2n) is 8.13. The van der Waals surface area contributed by atoms with E-state index in [0.29, 0.717) is 18.3 Å². The van der Waals surface area contributed by atoms with Gasteiger partial charge in [-0.2, -0.15) is 0 Å². The first-order chi connectivity index (χ1) is 8.67. The zero-order valence-electron chi connectivity index (χ0n) is 12.2. The van der Waals surface area contributed by atoms with Crippen molar-refractivity contribution in [3.05, 3.63) is 0 Å². The largest absolute Gasteiger partial charge is 0.443 e. The summed E-state index contributed by atoms with van der Waals surface area (Å²) in [6.07, 6.45) is 5.16. The van der Waals surface area contributed by atoms with Crippen LogP contribution < -0.4 is 5.32 Å². The molecule has 4 fully saturated rings. The molecule has 108 valence electrons. The lowest BCUT2D eigenvalue weighted by Crippen LogP contribution is -2.61. The number of alkyl carbamates (subject to hydrolysis) is 1. The van der Waals surface area contributed by atoms with Crippen molar-refractivity contribution in [3.8, 4) is 0 Å². The molecule has 4 rings (SSSR count). The van der Waals surface area contributed by atoms with Crippen molar-refractivity contribution in [3.63, 3.8) is 0 Å². The summed E-state index contributed by atoms with van der Waals surface area (Å²) >= 11 is 0. The molecule has 0 spiro atoms. The van der Waals surface area contributed by atoms with Gasteiger partial charge in [0, 0.05) is 12.0 Å². The fourth-order valence-corrected chi connectivity index (χ4v) is 4.78. The molecule has 0 aromatic rings. The van der Waals surface area contributed by atoms with Crippen LogP contribution in [0.4, 0.5) is 4.79 Å². The van der Waals surface area contributed by atoms with Crippen LogP contribution in [0.2, 0.25) is 0 Å². The summed E-state index contributed by atoms with van der Waals surface area (Å²) < 4.78 is 5.78. The van der Waals surface area contributed by atoms with E-state index in [-0.39, 0.29) is 11.6 Å². The van der Waals surface area contributed by atoms with Crippen LogP contribution in [0.1, 0.15) is 59.3 Å². The molecule has 4 saturated carbocycles. The Bertz CT molecular complexity index is 385. The number of hydrogen-bond donors (Lipinski definition) is 2. The number of hydrogen-bond acceptors (Lipinski definition) is 3. The van der Waals surface area contributed by atoms with E-state index in [1.165, 1.54) is 6.42 Å². The van der Waals surface area contributed by atoms with E-state index >= 15 is 0 Å². The van der Waals surface area contributed by atoms with Gasteiger partial charge in [-0.15, -0.1) is 0 Å². The Labute approximate surface area is 114 Å². The van der Waals surface area contributed by atoms with Gasteiger partial charge in [0.2, 0.25) is 0 Å². The fraction of sp³-hybridized carbons (Fsp3) is 0.933. The molecule has 0 aromatic carbocycles. The van der Waals surface area contributed by atoms with E-state index in [2.05, 4.69) is 5.32 Å². The molecule has 0 saturated heterocycles. The van der Waals surface area contributed by atoms with Crippen molar-refractivity contribution < 1.29 is 14.6 Å². The highest BCUT2D eigenvalue weighted by Crippen LogP contribution is 2.58. The van der Waals surface area contributed by atoms with Crippen molar-refractivity contribution in [2.75, 3.05) is 0 Å². The fourth-order valence-electron chi connectivity index (χ4n) is 4.78. The van der Waals surface area contributed by atoms with Gasteiger partial charge in [0.25, 0.3) is 0 Å². The Morgan fingerprint density at radius 3 is 2.26 bits per heavy atom. The third kappa shape index (κ3) is 2.60. The molecule has 2 unspecified atom stereocenters. The molecular formula is C15H25NO3. The molecule has 4 heteroatoms. The Hall–Kier alpha value is -0.770. The molecule has 4 aliphatic carbocycles. The average molecular weight is 267 g/mol. The highest BCUT2D eigenvalue weighted by atomic mass is 16.6. The normalized spacial score (nSPS) is 44.2. The Morgan fingerprint density at radius 1 is 1.21 bits per heavy atom. The first-order valence-corrected chi connectivity index (χ1v) is 7.41. The third-order valence-corrected chi connectivity index (χ3v) is 4.76. The van der Waals surface area contributed by atoms with Crippen LogP contribution in [-0.2, 0) is 4.74 Å². The molecule has 4 bridgehead atoms. The predicted molar refractivity (Wildman–Crippen MR) is 71.7 cm³/mol. The minimum Gasteiger partial charge on any atom is -0.443 e. The summed E-state index contributed by atoms with van der Waals surface area (Å²) in [5.74, 6) is 1.07. The molecule has 0 heterocycles. The molecule has 4 nitrogen and oxygen atoms in total. The SMILES string of the molecule is CC(C)(C)NC(=O)OC12CC3CC(CC(O)(C3)C1)C2. The molecule has 1 amide bonds. The molecule has 2 N–H and O–H groups in total. The van der Waals surface area contributed by atoms with Crippen molar-refractivity contribution in [2.24, 2.45) is 11.8 Å². The zero-order valence-corrected chi connectivity index (χ0v) is 12.2. The number of nitrogens with one attached hydrogen (secondary N) is 1. The van der Waals surface area contributed by atoms with E-state index in [1.54, 1.807) is 0 Å². The summed E-state index contributed by atoms with van der Waals surface area (Å²) in [7, 11) is 0. The molecule has 0 aromatic heterocycles. The molecule has 0 aliphatic heterocycles. The molecule has 0 radical (unpaired) electrons. The maximum Gasteiger partial charge on any atom is 0.408 e. The van der Waals surface area contributed by atoms with Crippen molar-refractivity contribution in [1.82, 2.24) is 5.32 Å². The highest BCUT2D eigenvalue weighted by molar-refractivity contribution is 5.68. The van der Waals surface area contributed by atoms with Crippen LogP contribution in [0.15, 0.2) is 0 Å². The van der Waals surface area contributed by atoms with E-state index in [9.17, 15) is 9.90 Å². The summed E-state index contributed by atoms with van der Waals surface area (Å²) in [6, 6.07) is 0. The number of carbonyl (C=O) groups excluding carboxylic acids is 1. The van der Waals surface area contributed by atoms with Gasteiger partial charge in [0.1, 0.15) is 5.60 Å². The zero-order chi connectivity index (χ0) is 13.9. The van der Waals surface area contributed by atoms with E-state index in [1.807, 2.05) is 20.8 Å². The number of amides is 1.